The van der Waals surface area contributed by atoms with Crippen LogP contribution in [-0.4, -0.2) is 53.0 Å². The van der Waals surface area contributed by atoms with Crippen molar-refractivity contribution in [1.82, 2.24) is 20.6 Å². The number of hydrogen-bond acceptors (Lipinski definition) is 6. The molecule has 130 valence electrons. The molecule has 1 aromatic heterocycles. The summed E-state index contributed by atoms with van der Waals surface area (Å²) in [5.74, 6) is 1.62. The summed E-state index contributed by atoms with van der Waals surface area (Å²) in [7, 11) is 0. The zero-order valence-corrected chi connectivity index (χ0v) is 14.1. The summed E-state index contributed by atoms with van der Waals surface area (Å²) in [6.45, 7) is 5.08. The summed E-state index contributed by atoms with van der Waals surface area (Å²) < 4.78 is 11.4. The van der Waals surface area contributed by atoms with Crippen LogP contribution < -0.4 is 9.64 Å². The minimum Gasteiger partial charge on any atom is -0.494 e. The van der Waals surface area contributed by atoms with Crippen molar-refractivity contribution in [2.75, 3.05) is 31.2 Å². The van der Waals surface area contributed by atoms with Crippen LogP contribution in [0.2, 0.25) is 0 Å². The van der Waals surface area contributed by atoms with Crippen molar-refractivity contribution in [3.8, 4) is 5.75 Å². The summed E-state index contributed by atoms with van der Waals surface area (Å²) in [5.41, 5.74) is 1.15. The van der Waals surface area contributed by atoms with Gasteiger partial charge in [-0.05, 0) is 50.5 Å². The first-order valence-electron chi connectivity index (χ1n) is 8.67. The second-order valence-electron chi connectivity index (χ2n) is 5.92. The predicted molar refractivity (Wildman–Crippen MR) is 91.3 cm³/mol. The van der Waals surface area contributed by atoms with E-state index in [4.69, 9.17) is 9.47 Å². The molecule has 1 aromatic carbocycles. The second-order valence-corrected chi connectivity index (χ2v) is 5.92. The van der Waals surface area contributed by atoms with Crippen LogP contribution in [0.1, 0.15) is 32.0 Å². The van der Waals surface area contributed by atoms with E-state index in [1.54, 1.807) is 0 Å². The van der Waals surface area contributed by atoms with Crippen molar-refractivity contribution >= 4 is 5.69 Å². The number of nitrogens with zero attached hydrogens (tertiary/aromatic N) is 4. The fourth-order valence-electron chi connectivity index (χ4n) is 2.68. The molecule has 1 aliphatic carbocycles. The van der Waals surface area contributed by atoms with E-state index in [0.29, 0.717) is 12.7 Å². The highest BCUT2D eigenvalue weighted by atomic mass is 16.5. The molecule has 7 heteroatoms. The molecular weight excluding hydrogens is 306 g/mol. The zero-order valence-electron chi connectivity index (χ0n) is 14.1. The minimum absolute atomic E-state index is 0.462. The van der Waals surface area contributed by atoms with Crippen LogP contribution in [-0.2, 0) is 11.2 Å². The van der Waals surface area contributed by atoms with Crippen molar-refractivity contribution in [3.05, 3.63) is 30.1 Å². The third-order valence-electron chi connectivity index (χ3n) is 4.27. The van der Waals surface area contributed by atoms with Crippen molar-refractivity contribution in [3.63, 3.8) is 0 Å². The summed E-state index contributed by atoms with van der Waals surface area (Å²) >= 11 is 0. The van der Waals surface area contributed by atoms with Crippen molar-refractivity contribution < 1.29 is 9.47 Å². The molecule has 7 nitrogen and oxygen atoms in total. The summed E-state index contributed by atoms with van der Waals surface area (Å²) in [6.07, 6.45) is 4.90. The molecule has 0 spiro atoms. The lowest BCUT2D eigenvalue weighted by molar-refractivity contribution is 0.00629. The van der Waals surface area contributed by atoms with Crippen LogP contribution >= 0.6 is 0 Å². The summed E-state index contributed by atoms with van der Waals surface area (Å²) in [6, 6.07) is 8.19. The SMILES string of the molecule is CCOc1ccc(N(CCOC2CCC2)CCc2nn[nH]n2)cc1. The number of ether oxygens (including phenoxy) is 2. The molecule has 0 atom stereocenters. The van der Waals surface area contributed by atoms with Gasteiger partial charge in [0, 0.05) is 25.2 Å². The highest BCUT2D eigenvalue weighted by Crippen LogP contribution is 2.23. The van der Waals surface area contributed by atoms with Gasteiger partial charge in [-0.1, -0.05) is 5.21 Å². The molecule has 0 bridgehead atoms. The largest absolute Gasteiger partial charge is 0.494 e. The smallest absolute Gasteiger partial charge is 0.176 e. The lowest BCUT2D eigenvalue weighted by Gasteiger charge is -2.29. The molecular formula is C17H25N5O2. The van der Waals surface area contributed by atoms with Crippen LogP contribution in [0, 0.1) is 0 Å². The van der Waals surface area contributed by atoms with Crippen LogP contribution in [0.3, 0.4) is 0 Å². The molecule has 0 radical (unpaired) electrons. The Kier molecular flexibility index (Phi) is 6.01. The average Bonchev–Trinajstić information content (AvgIpc) is 3.07. The van der Waals surface area contributed by atoms with Gasteiger partial charge in [0.1, 0.15) is 5.75 Å². The molecule has 0 aliphatic heterocycles. The van der Waals surface area contributed by atoms with E-state index in [2.05, 4.69) is 37.7 Å². The van der Waals surface area contributed by atoms with E-state index in [-0.39, 0.29) is 0 Å². The number of benzene rings is 1. The van der Waals surface area contributed by atoms with Gasteiger partial charge in [-0.3, -0.25) is 0 Å². The first-order valence-corrected chi connectivity index (χ1v) is 8.67. The van der Waals surface area contributed by atoms with Crippen molar-refractivity contribution in [2.45, 2.75) is 38.7 Å². The van der Waals surface area contributed by atoms with Crippen molar-refractivity contribution in [1.29, 1.82) is 0 Å². The zero-order chi connectivity index (χ0) is 16.6. The monoisotopic (exact) mass is 331 g/mol. The number of hydrogen-bond donors (Lipinski definition) is 1. The van der Waals surface area contributed by atoms with Gasteiger partial charge in [0.15, 0.2) is 5.82 Å². The van der Waals surface area contributed by atoms with Gasteiger partial charge >= 0.3 is 0 Å². The maximum Gasteiger partial charge on any atom is 0.176 e. The van der Waals surface area contributed by atoms with Gasteiger partial charge < -0.3 is 14.4 Å². The van der Waals surface area contributed by atoms with E-state index < -0.39 is 0 Å². The first-order chi connectivity index (χ1) is 11.8. The normalized spacial score (nSPS) is 14.4. The third-order valence-corrected chi connectivity index (χ3v) is 4.27. The fourth-order valence-corrected chi connectivity index (χ4v) is 2.68. The number of aromatic nitrogens is 4. The molecule has 0 unspecified atom stereocenters. The highest BCUT2D eigenvalue weighted by Gasteiger charge is 2.18. The highest BCUT2D eigenvalue weighted by molar-refractivity contribution is 5.49. The Morgan fingerprint density at radius 1 is 1.21 bits per heavy atom. The number of nitrogens with one attached hydrogen (secondary N) is 1. The van der Waals surface area contributed by atoms with E-state index in [9.17, 15) is 0 Å². The first kappa shape index (κ1) is 16.7. The fraction of sp³-hybridized carbons (Fsp3) is 0.588. The Morgan fingerprint density at radius 2 is 2.04 bits per heavy atom. The lowest BCUT2D eigenvalue weighted by Crippen LogP contribution is -2.32. The van der Waals surface area contributed by atoms with Crippen molar-refractivity contribution in [2.24, 2.45) is 0 Å². The van der Waals surface area contributed by atoms with E-state index >= 15 is 0 Å². The van der Waals surface area contributed by atoms with Gasteiger partial charge in [-0.15, -0.1) is 10.2 Å². The van der Waals surface area contributed by atoms with E-state index in [0.717, 1.165) is 43.4 Å². The predicted octanol–water partition coefficient (Wildman–Crippen LogP) is 2.22. The second kappa shape index (κ2) is 8.63. The molecule has 2 aromatic rings. The lowest BCUT2D eigenvalue weighted by atomic mass is 9.96. The van der Waals surface area contributed by atoms with E-state index in [1.165, 1.54) is 19.3 Å². The number of rotatable bonds is 10. The van der Waals surface area contributed by atoms with Crippen LogP contribution in [0.4, 0.5) is 5.69 Å². The number of H-pyrrole nitrogens is 1. The van der Waals surface area contributed by atoms with Crippen LogP contribution in [0.15, 0.2) is 24.3 Å². The molecule has 1 N–H and O–H groups in total. The minimum atomic E-state index is 0.462. The Hall–Kier alpha value is -2.15. The number of anilines is 1. The Balaban J connectivity index is 1.58. The maximum atomic E-state index is 5.91. The Morgan fingerprint density at radius 3 is 2.67 bits per heavy atom. The van der Waals surface area contributed by atoms with Crippen LogP contribution in [0.25, 0.3) is 0 Å². The molecule has 1 saturated carbocycles. The van der Waals surface area contributed by atoms with Gasteiger partial charge in [0.05, 0.1) is 19.3 Å². The molecule has 0 saturated heterocycles. The summed E-state index contributed by atoms with van der Waals surface area (Å²) in [5, 5.41) is 14.2. The Bertz CT molecular complexity index is 584. The van der Waals surface area contributed by atoms with Gasteiger partial charge in [0.25, 0.3) is 0 Å². The van der Waals surface area contributed by atoms with Crippen LogP contribution in [0.5, 0.6) is 5.75 Å². The quantitative estimate of drug-likeness (QED) is 0.719. The van der Waals surface area contributed by atoms with Gasteiger partial charge in [0.2, 0.25) is 0 Å². The standard InChI is InChI=1S/C17H25N5O2/c1-2-23-16-8-6-14(7-9-16)22(11-10-17-18-20-21-19-17)12-13-24-15-4-3-5-15/h6-9,15H,2-5,10-13H2,1H3,(H,18,19,20,21). The average molecular weight is 331 g/mol. The summed E-state index contributed by atoms with van der Waals surface area (Å²) in [4.78, 5) is 2.30. The number of tetrazole rings is 1. The third kappa shape index (κ3) is 4.67. The molecule has 24 heavy (non-hydrogen) atoms. The van der Waals surface area contributed by atoms with E-state index in [1.807, 2.05) is 19.1 Å². The molecule has 1 heterocycles. The number of aromatic amines is 1. The Labute approximate surface area is 142 Å². The molecule has 3 rings (SSSR count). The maximum absolute atomic E-state index is 5.91. The molecule has 1 aliphatic rings. The molecule has 0 amide bonds. The topological polar surface area (TPSA) is 76.2 Å². The van der Waals surface area contributed by atoms with Gasteiger partial charge in [-0.25, -0.2) is 0 Å². The van der Waals surface area contributed by atoms with Gasteiger partial charge in [-0.2, -0.15) is 5.21 Å². The molecule has 1 fully saturated rings.